The van der Waals surface area contributed by atoms with Crippen molar-refractivity contribution in [2.24, 2.45) is 5.73 Å². The summed E-state index contributed by atoms with van der Waals surface area (Å²) in [6, 6.07) is 5.67. The molecule has 3 nitrogen and oxygen atoms in total. The third kappa shape index (κ3) is 3.22. The number of aryl methyl sites for hydroxylation is 2. The second kappa shape index (κ2) is 5.14. The first-order valence-corrected chi connectivity index (χ1v) is 5.15. The highest BCUT2D eigenvalue weighted by Gasteiger charge is 2.14. The quantitative estimate of drug-likeness (QED) is 0.788. The summed E-state index contributed by atoms with van der Waals surface area (Å²) in [6.07, 6.45) is -0.341. The van der Waals surface area contributed by atoms with E-state index in [1.165, 1.54) is 11.1 Å². The van der Waals surface area contributed by atoms with Crippen molar-refractivity contribution in [3.8, 4) is 5.75 Å². The van der Waals surface area contributed by atoms with Gasteiger partial charge in [0.2, 0.25) is 0 Å². The topological polar surface area (TPSA) is 55.5 Å². The maximum absolute atomic E-state index is 9.08. The minimum absolute atomic E-state index is 0.0649. The van der Waals surface area contributed by atoms with Gasteiger partial charge in [0, 0.05) is 6.04 Å². The van der Waals surface area contributed by atoms with Crippen molar-refractivity contribution in [1.82, 2.24) is 0 Å². The molecule has 0 bridgehead atoms. The normalized spacial score (nSPS) is 14.7. The Morgan fingerprint density at radius 2 is 2.00 bits per heavy atom. The van der Waals surface area contributed by atoms with Crippen LogP contribution in [0.5, 0.6) is 5.75 Å². The molecule has 84 valence electrons. The number of hydrogen-bond acceptors (Lipinski definition) is 3. The monoisotopic (exact) mass is 209 g/mol. The van der Waals surface area contributed by atoms with Gasteiger partial charge in [-0.05, 0) is 44.0 Å². The fourth-order valence-corrected chi connectivity index (χ4v) is 1.27. The van der Waals surface area contributed by atoms with Crippen LogP contribution >= 0.6 is 0 Å². The molecule has 0 heterocycles. The van der Waals surface area contributed by atoms with Crippen molar-refractivity contribution in [2.75, 3.05) is 6.61 Å². The molecule has 1 aromatic carbocycles. The predicted molar refractivity (Wildman–Crippen MR) is 61.1 cm³/mol. The fraction of sp³-hybridized carbons (Fsp3) is 0.500. The Bertz CT molecular complexity index is 323. The largest absolute Gasteiger partial charge is 0.486 e. The van der Waals surface area contributed by atoms with Crippen molar-refractivity contribution in [1.29, 1.82) is 0 Å². The summed E-state index contributed by atoms with van der Waals surface area (Å²) in [5, 5.41) is 9.08. The zero-order valence-corrected chi connectivity index (χ0v) is 9.53. The zero-order chi connectivity index (χ0) is 11.4. The lowest BCUT2D eigenvalue weighted by Gasteiger charge is -2.20. The van der Waals surface area contributed by atoms with Crippen molar-refractivity contribution in [3.05, 3.63) is 29.3 Å². The van der Waals surface area contributed by atoms with Gasteiger partial charge in [0.05, 0.1) is 6.61 Å². The van der Waals surface area contributed by atoms with Crippen LogP contribution in [0.2, 0.25) is 0 Å². The third-order valence-corrected chi connectivity index (χ3v) is 2.53. The van der Waals surface area contributed by atoms with E-state index in [1.807, 2.05) is 39.0 Å². The molecule has 15 heavy (non-hydrogen) atoms. The lowest BCUT2D eigenvalue weighted by Crippen LogP contribution is -2.39. The highest BCUT2D eigenvalue weighted by atomic mass is 16.5. The Labute approximate surface area is 90.9 Å². The average molecular weight is 209 g/mol. The number of nitrogens with two attached hydrogens (primary N) is 1. The van der Waals surface area contributed by atoms with Crippen LogP contribution < -0.4 is 10.5 Å². The van der Waals surface area contributed by atoms with Crippen LogP contribution in [-0.2, 0) is 0 Å². The number of ether oxygens (including phenoxy) is 1. The van der Waals surface area contributed by atoms with E-state index >= 15 is 0 Å². The molecule has 1 aromatic rings. The van der Waals surface area contributed by atoms with Gasteiger partial charge in [-0.2, -0.15) is 0 Å². The Morgan fingerprint density at radius 3 is 2.47 bits per heavy atom. The van der Waals surface area contributed by atoms with E-state index in [0.717, 1.165) is 5.75 Å². The predicted octanol–water partition coefficient (Wildman–Crippen LogP) is 1.39. The first-order valence-electron chi connectivity index (χ1n) is 5.15. The third-order valence-electron chi connectivity index (χ3n) is 2.53. The molecule has 0 amide bonds. The Balaban J connectivity index is 2.75. The SMILES string of the molecule is Cc1ccc(OC(CO)C(C)N)cc1C. The number of benzene rings is 1. The van der Waals surface area contributed by atoms with Gasteiger partial charge in [0.1, 0.15) is 11.9 Å². The summed E-state index contributed by atoms with van der Waals surface area (Å²) >= 11 is 0. The minimum atomic E-state index is -0.341. The van der Waals surface area contributed by atoms with Crippen LogP contribution in [0, 0.1) is 13.8 Å². The summed E-state index contributed by atoms with van der Waals surface area (Å²) in [4.78, 5) is 0. The van der Waals surface area contributed by atoms with E-state index in [-0.39, 0.29) is 18.8 Å². The van der Waals surface area contributed by atoms with Crippen LogP contribution in [0.3, 0.4) is 0 Å². The van der Waals surface area contributed by atoms with E-state index < -0.39 is 0 Å². The maximum Gasteiger partial charge on any atom is 0.136 e. The maximum atomic E-state index is 9.08. The molecule has 2 atom stereocenters. The molecular formula is C12H19NO2. The molecule has 0 fully saturated rings. The molecular weight excluding hydrogens is 190 g/mol. The van der Waals surface area contributed by atoms with Crippen molar-refractivity contribution >= 4 is 0 Å². The molecule has 0 aliphatic heterocycles. The molecule has 0 aromatic heterocycles. The standard InChI is InChI=1S/C12H19NO2/c1-8-4-5-11(6-9(8)2)15-12(7-14)10(3)13/h4-6,10,12,14H,7,13H2,1-3H3. The van der Waals surface area contributed by atoms with E-state index in [0.29, 0.717) is 0 Å². The van der Waals surface area contributed by atoms with E-state index in [2.05, 4.69) is 0 Å². The van der Waals surface area contributed by atoms with Crippen LogP contribution in [0.1, 0.15) is 18.1 Å². The first-order chi connectivity index (χ1) is 7.04. The second-order valence-electron chi connectivity index (χ2n) is 3.94. The van der Waals surface area contributed by atoms with E-state index in [1.54, 1.807) is 0 Å². The van der Waals surface area contributed by atoms with Crippen LogP contribution in [0.25, 0.3) is 0 Å². The smallest absolute Gasteiger partial charge is 0.136 e. The van der Waals surface area contributed by atoms with Crippen LogP contribution in [-0.4, -0.2) is 23.9 Å². The van der Waals surface area contributed by atoms with Crippen molar-refractivity contribution < 1.29 is 9.84 Å². The van der Waals surface area contributed by atoms with E-state index in [9.17, 15) is 0 Å². The van der Waals surface area contributed by atoms with Crippen LogP contribution in [0.4, 0.5) is 0 Å². The van der Waals surface area contributed by atoms with E-state index in [4.69, 9.17) is 15.6 Å². The summed E-state index contributed by atoms with van der Waals surface area (Å²) in [6.45, 7) is 5.84. The molecule has 3 N–H and O–H groups in total. The molecule has 0 aliphatic carbocycles. The van der Waals surface area contributed by atoms with Gasteiger partial charge in [-0.25, -0.2) is 0 Å². The molecule has 0 radical (unpaired) electrons. The van der Waals surface area contributed by atoms with Gasteiger partial charge in [0.15, 0.2) is 0 Å². The number of aliphatic hydroxyl groups excluding tert-OH is 1. The molecule has 1 rings (SSSR count). The molecule has 3 heteroatoms. The van der Waals surface area contributed by atoms with Gasteiger partial charge in [-0.15, -0.1) is 0 Å². The Hall–Kier alpha value is -1.06. The second-order valence-corrected chi connectivity index (χ2v) is 3.94. The lowest BCUT2D eigenvalue weighted by molar-refractivity contribution is 0.0990. The van der Waals surface area contributed by atoms with Crippen LogP contribution in [0.15, 0.2) is 18.2 Å². The molecule has 2 unspecified atom stereocenters. The Kier molecular flexibility index (Phi) is 4.12. The number of hydrogen-bond donors (Lipinski definition) is 2. The lowest BCUT2D eigenvalue weighted by atomic mass is 10.1. The molecule has 0 saturated heterocycles. The van der Waals surface area contributed by atoms with Gasteiger partial charge in [-0.3, -0.25) is 0 Å². The van der Waals surface area contributed by atoms with Crippen molar-refractivity contribution in [3.63, 3.8) is 0 Å². The van der Waals surface area contributed by atoms with Gasteiger partial charge < -0.3 is 15.6 Å². The molecule has 0 aliphatic rings. The van der Waals surface area contributed by atoms with Gasteiger partial charge in [-0.1, -0.05) is 6.07 Å². The fourth-order valence-electron chi connectivity index (χ4n) is 1.27. The zero-order valence-electron chi connectivity index (χ0n) is 9.53. The highest BCUT2D eigenvalue weighted by molar-refractivity contribution is 5.33. The molecule has 0 saturated carbocycles. The number of rotatable bonds is 4. The number of aliphatic hydroxyl groups is 1. The summed E-state index contributed by atoms with van der Waals surface area (Å²) in [7, 11) is 0. The minimum Gasteiger partial charge on any atom is -0.486 e. The highest BCUT2D eigenvalue weighted by Crippen LogP contribution is 2.18. The van der Waals surface area contributed by atoms with Gasteiger partial charge >= 0.3 is 0 Å². The van der Waals surface area contributed by atoms with Crippen molar-refractivity contribution in [2.45, 2.75) is 32.9 Å². The van der Waals surface area contributed by atoms with Gasteiger partial charge in [0.25, 0.3) is 0 Å². The first kappa shape index (κ1) is 12.0. The Morgan fingerprint density at radius 1 is 1.33 bits per heavy atom. The summed E-state index contributed by atoms with van der Waals surface area (Å²) in [5.41, 5.74) is 8.08. The molecule has 0 spiro atoms. The summed E-state index contributed by atoms with van der Waals surface area (Å²) in [5.74, 6) is 0.759. The summed E-state index contributed by atoms with van der Waals surface area (Å²) < 4.78 is 5.59. The average Bonchev–Trinajstić information content (AvgIpc) is 2.19.